The number of nitrogens with zero attached hydrogens (tertiary/aromatic N) is 2. The monoisotopic (exact) mass is 378 g/mol. The van der Waals surface area contributed by atoms with Crippen LogP contribution in [0.2, 0.25) is 0 Å². The van der Waals surface area contributed by atoms with Crippen LogP contribution in [0.4, 0.5) is 5.69 Å². The summed E-state index contributed by atoms with van der Waals surface area (Å²) in [6, 6.07) is 17.3. The molecular formula is C23H26N2O3. The molecule has 28 heavy (non-hydrogen) atoms. The third-order valence-corrected chi connectivity index (χ3v) is 5.91. The van der Waals surface area contributed by atoms with Crippen LogP contribution in [0.25, 0.3) is 0 Å². The molecule has 2 aliphatic rings. The highest BCUT2D eigenvalue weighted by Crippen LogP contribution is 2.30. The van der Waals surface area contributed by atoms with Crippen molar-refractivity contribution in [3.05, 3.63) is 60.2 Å². The number of ether oxygens (including phenoxy) is 1. The van der Waals surface area contributed by atoms with E-state index in [1.807, 2.05) is 6.07 Å². The summed E-state index contributed by atoms with van der Waals surface area (Å²) in [5.41, 5.74) is 2.00. The third kappa shape index (κ3) is 3.80. The van der Waals surface area contributed by atoms with Gasteiger partial charge in [0.15, 0.2) is 0 Å². The molecule has 2 saturated heterocycles. The lowest BCUT2D eigenvalue weighted by atomic mass is 9.89. The number of carbonyl (C=O) groups is 2. The van der Waals surface area contributed by atoms with Gasteiger partial charge in [-0.3, -0.25) is 14.5 Å². The molecule has 0 radical (unpaired) electrons. The SMILES string of the molecule is COc1ccc(N2C(=O)C[C@@H](N3CCC(Cc4ccccc4)CC3)C2=O)cc1. The van der Waals surface area contributed by atoms with Crippen molar-refractivity contribution in [3.63, 3.8) is 0 Å². The maximum Gasteiger partial charge on any atom is 0.251 e. The second-order valence-electron chi connectivity index (χ2n) is 7.65. The molecule has 2 heterocycles. The normalized spacial score (nSPS) is 21.3. The summed E-state index contributed by atoms with van der Waals surface area (Å²) in [6.45, 7) is 1.75. The zero-order valence-electron chi connectivity index (χ0n) is 16.2. The molecule has 5 heteroatoms. The Kier molecular flexibility index (Phi) is 5.44. The fourth-order valence-electron chi connectivity index (χ4n) is 4.32. The molecule has 0 unspecified atom stereocenters. The minimum atomic E-state index is -0.327. The molecule has 0 aromatic heterocycles. The van der Waals surface area contributed by atoms with E-state index in [9.17, 15) is 9.59 Å². The Morgan fingerprint density at radius 3 is 2.29 bits per heavy atom. The van der Waals surface area contributed by atoms with Gasteiger partial charge in [0.05, 0.1) is 25.3 Å². The number of anilines is 1. The summed E-state index contributed by atoms with van der Waals surface area (Å²) in [6.07, 6.45) is 3.49. The molecule has 0 N–H and O–H groups in total. The van der Waals surface area contributed by atoms with E-state index in [0.717, 1.165) is 32.4 Å². The van der Waals surface area contributed by atoms with Gasteiger partial charge in [-0.2, -0.15) is 0 Å². The number of rotatable bonds is 5. The number of carbonyl (C=O) groups excluding carboxylic acids is 2. The van der Waals surface area contributed by atoms with Crippen LogP contribution in [0.15, 0.2) is 54.6 Å². The molecule has 0 spiro atoms. The first-order valence-corrected chi connectivity index (χ1v) is 9.94. The van der Waals surface area contributed by atoms with Gasteiger partial charge in [-0.05, 0) is 68.1 Å². The Labute approximate surface area is 165 Å². The molecular weight excluding hydrogens is 352 g/mol. The second kappa shape index (κ2) is 8.15. The number of piperidine rings is 1. The molecule has 2 amide bonds. The summed E-state index contributed by atoms with van der Waals surface area (Å²) in [5.74, 6) is 1.13. The van der Waals surface area contributed by atoms with Gasteiger partial charge in [-0.1, -0.05) is 30.3 Å². The van der Waals surface area contributed by atoms with E-state index in [2.05, 4.69) is 29.2 Å². The van der Waals surface area contributed by atoms with Crippen LogP contribution in [0.3, 0.4) is 0 Å². The summed E-state index contributed by atoms with van der Waals surface area (Å²) < 4.78 is 5.16. The first kappa shape index (κ1) is 18.7. The van der Waals surface area contributed by atoms with Crippen molar-refractivity contribution in [2.24, 2.45) is 5.92 Å². The van der Waals surface area contributed by atoms with Crippen molar-refractivity contribution in [2.45, 2.75) is 31.7 Å². The fourth-order valence-corrected chi connectivity index (χ4v) is 4.32. The van der Waals surface area contributed by atoms with Crippen LogP contribution in [-0.2, 0) is 16.0 Å². The van der Waals surface area contributed by atoms with E-state index in [1.165, 1.54) is 10.5 Å². The smallest absolute Gasteiger partial charge is 0.251 e. The molecule has 2 fully saturated rings. The zero-order chi connectivity index (χ0) is 19.5. The average Bonchev–Trinajstić information content (AvgIpc) is 3.03. The first-order chi connectivity index (χ1) is 13.7. The van der Waals surface area contributed by atoms with Gasteiger partial charge in [0, 0.05) is 0 Å². The minimum absolute atomic E-state index is 0.100. The van der Waals surface area contributed by atoms with Gasteiger partial charge < -0.3 is 4.74 Å². The highest BCUT2D eigenvalue weighted by Gasteiger charge is 2.43. The number of imide groups is 1. The van der Waals surface area contributed by atoms with Crippen LogP contribution in [0, 0.1) is 5.92 Å². The Bertz CT molecular complexity index is 827. The Morgan fingerprint density at radius 1 is 0.964 bits per heavy atom. The lowest BCUT2D eigenvalue weighted by Crippen LogP contribution is -2.46. The Hall–Kier alpha value is -2.66. The molecule has 0 bridgehead atoms. The summed E-state index contributed by atoms with van der Waals surface area (Å²) >= 11 is 0. The first-order valence-electron chi connectivity index (χ1n) is 9.94. The highest BCUT2D eigenvalue weighted by atomic mass is 16.5. The van der Waals surface area contributed by atoms with Gasteiger partial charge in [0.1, 0.15) is 5.75 Å². The number of likely N-dealkylation sites (tertiary alicyclic amines) is 1. The second-order valence-corrected chi connectivity index (χ2v) is 7.65. The summed E-state index contributed by atoms with van der Waals surface area (Å²) in [4.78, 5) is 29.1. The summed E-state index contributed by atoms with van der Waals surface area (Å²) in [5, 5.41) is 0. The number of methoxy groups -OCH3 is 1. The lowest BCUT2D eigenvalue weighted by molar-refractivity contribution is -0.123. The minimum Gasteiger partial charge on any atom is -0.497 e. The number of amides is 2. The predicted molar refractivity (Wildman–Crippen MR) is 108 cm³/mol. The highest BCUT2D eigenvalue weighted by molar-refractivity contribution is 6.22. The van der Waals surface area contributed by atoms with Crippen LogP contribution in [-0.4, -0.2) is 43.0 Å². The van der Waals surface area contributed by atoms with Crippen molar-refractivity contribution in [3.8, 4) is 5.75 Å². The molecule has 4 rings (SSSR count). The Balaban J connectivity index is 1.37. The van der Waals surface area contributed by atoms with Crippen molar-refractivity contribution < 1.29 is 14.3 Å². The topological polar surface area (TPSA) is 49.9 Å². The summed E-state index contributed by atoms with van der Waals surface area (Å²) in [7, 11) is 1.60. The van der Waals surface area contributed by atoms with E-state index < -0.39 is 0 Å². The lowest BCUT2D eigenvalue weighted by Gasteiger charge is -2.34. The van der Waals surface area contributed by atoms with Gasteiger partial charge in [0.2, 0.25) is 5.91 Å². The maximum absolute atomic E-state index is 13.0. The quantitative estimate of drug-likeness (QED) is 0.750. The number of benzene rings is 2. The Morgan fingerprint density at radius 2 is 1.64 bits per heavy atom. The van der Waals surface area contributed by atoms with Crippen molar-refractivity contribution in [2.75, 3.05) is 25.1 Å². The number of hydrogen-bond acceptors (Lipinski definition) is 4. The van der Waals surface area contributed by atoms with Crippen LogP contribution < -0.4 is 9.64 Å². The standard InChI is InChI=1S/C23H26N2O3/c1-28-20-9-7-19(8-10-20)25-22(26)16-21(23(25)27)24-13-11-18(12-14-24)15-17-5-3-2-4-6-17/h2-10,18,21H,11-16H2,1H3/t21-/m1/s1. The van der Waals surface area contributed by atoms with E-state index >= 15 is 0 Å². The van der Waals surface area contributed by atoms with Gasteiger partial charge in [0.25, 0.3) is 5.91 Å². The van der Waals surface area contributed by atoms with Crippen molar-refractivity contribution >= 4 is 17.5 Å². The zero-order valence-corrected chi connectivity index (χ0v) is 16.2. The van der Waals surface area contributed by atoms with Crippen LogP contribution >= 0.6 is 0 Å². The van der Waals surface area contributed by atoms with E-state index in [4.69, 9.17) is 4.74 Å². The number of hydrogen-bond donors (Lipinski definition) is 0. The molecule has 2 aromatic rings. The largest absolute Gasteiger partial charge is 0.497 e. The van der Waals surface area contributed by atoms with Crippen LogP contribution in [0.1, 0.15) is 24.8 Å². The van der Waals surface area contributed by atoms with E-state index in [1.54, 1.807) is 31.4 Å². The maximum atomic E-state index is 13.0. The van der Waals surface area contributed by atoms with Gasteiger partial charge in [-0.25, -0.2) is 4.90 Å². The van der Waals surface area contributed by atoms with E-state index in [0.29, 0.717) is 17.4 Å². The molecule has 2 aliphatic heterocycles. The predicted octanol–water partition coefficient (Wildman–Crippen LogP) is 3.28. The van der Waals surface area contributed by atoms with Gasteiger partial charge in [-0.15, -0.1) is 0 Å². The molecule has 146 valence electrons. The van der Waals surface area contributed by atoms with Crippen molar-refractivity contribution in [1.82, 2.24) is 4.90 Å². The molecule has 0 aliphatic carbocycles. The molecule has 0 saturated carbocycles. The van der Waals surface area contributed by atoms with Crippen LogP contribution in [0.5, 0.6) is 5.75 Å². The average molecular weight is 378 g/mol. The molecule has 1 atom stereocenters. The van der Waals surface area contributed by atoms with Crippen molar-refractivity contribution in [1.29, 1.82) is 0 Å². The molecule has 5 nitrogen and oxygen atoms in total. The van der Waals surface area contributed by atoms with Gasteiger partial charge >= 0.3 is 0 Å². The van der Waals surface area contributed by atoms with E-state index in [-0.39, 0.29) is 24.3 Å². The molecule has 2 aromatic carbocycles. The fraction of sp³-hybridized carbons (Fsp3) is 0.391. The third-order valence-electron chi connectivity index (χ3n) is 5.91.